The van der Waals surface area contributed by atoms with E-state index in [-0.39, 0.29) is 28.5 Å². The molecular weight excluding hydrogens is 443 g/mol. The maximum Gasteiger partial charge on any atom is 0.573 e. The van der Waals surface area contributed by atoms with E-state index >= 15 is 0 Å². The predicted octanol–water partition coefficient (Wildman–Crippen LogP) is 5.58. The number of aliphatic hydroxyl groups is 1. The zero-order valence-corrected chi connectivity index (χ0v) is 19.8. The van der Waals surface area contributed by atoms with Gasteiger partial charge in [0.1, 0.15) is 5.75 Å². The number of nitrogens with zero attached hydrogens (tertiary/aromatic N) is 1. The number of likely N-dealkylation sites (N-methyl/N-ethyl adjacent to an activating group) is 1. The number of hydrogen-bond donors (Lipinski definition) is 1. The van der Waals surface area contributed by atoms with Gasteiger partial charge in [0.25, 0.3) is 0 Å². The minimum atomic E-state index is -4.71. The summed E-state index contributed by atoms with van der Waals surface area (Å²) in [4.78, 5) is 14.2. The van der Waals surface area contributed by atoms with Gasteiger partial charge in [-0.15, -0.1) is 13.2 Å². The summed E-state index contributed by atoms with van der Waals surface area (Å²) in [6.07, 6.45) is 5.26. The number of ether oxygens (including phenoxy) is 1. The van der Waals surface area contributed by atoms with Gasteiger partial charge in [0.2, 0.25) is 5.91 Å². The van der Waals surface area contributed by atoms with Gasteiger partial charge in [0, 0.05) is 23.9 Å². The average molecular weight is 476 g/mol. The number of alkyl halides is 3. The van der Waals surface area contributed by atoms with Crippen LogP contribution in [-0.2, 0) is 4.79 Å². The molecule has 0 aromatic heterocycles. The highest BCUT2D eigenvalue weighted by Gasteiger charge is 2.61. The predicted molar refractivity (Wildman–Crippen MR) is 123 cm³/mol. The van der Waals surface area contributed by atoms with Crippen molar-refractivity contribution in [2.24, 2.45) is 28.6 Å². The van der Waals surface area contributed by atoms with Gasteiger partial charge in [0.15, 0.2) is 0 Å². The molecule has 4 nitrogen and oxygen atoms in total. The fourth-order valence-corrected chi connectivity index (χ4v) is 7.72. The molecular formula is C27H32F3NO3. The summed E-state index contributed by atoms with van der Waals surface area (Å²) in [5.41, 5.74) is 1.44. The van der Waals surface area contributed by atoms with Crippen LogP contribution in [0.25, 0.3) is 6.08 Å². The summed E-state index contributed by atoms with van der Waals surface area (Å²) in [5.74, 6) is 1.10. The lowest BCUT2D eigenvalue weighted by Gasteiger charge is -2.59. The van der Waals surface area contributed by atoms with Crippen LogP contribution in [0.5, 0.6) is 5.75 Å². The lowest BCUT2D eigenvalue weighted by atomic mass is 9.48. The van der Waals surface area contributed by atoms with E-state index in [0.29, 0.717) is 17.8 Å². The number of fused-ring (bicyclic) bond motifs is 5. The van der Waals surface area contributed by atoms with Crippen molar-refractivity contribution in [2.45, 2.75) is 64.5 Å². The van der Waals surface area contributed by atoms with Gasteiger partial charge in [0.05, 0.1) is 6.10 Å². The molecule has 5 rings (SSSR count). The number of carbonyl (C=O) groups is 1. The Bertz CT molecular complexity index is 1030. The van der Waals surface area contributed by atoms with Crippen LogP contribution in [-0.4, -0.2) is 41.5 Å². The molecule has 1 aliphatic heterocycles. The molecule has 2 unspecified atom stereocenters. The van der Waals surface area contributed by atoms with Gasteiger partial charge in [-0.2, -0.15) is 0 Å². The summed E-state index contributed by atoms with van der Waals surface area (Å²) in [7, 11) is 1.91. The summed E-state index contributed by atoms with van der Waals surface area (Å²) < 4.78 is 41.3. The quantitative estimate of drug-likeness (QED) is 0.608. The second-order valence-corrected chi connectivity index (χ2v) is 11.1. The lowest BCUT2D eigenvalue weighted by molar-refractivity contribution is -0.274. The minimum absolute atomic E-state index is 0.0569. The molecule has 34 heavy (non-hydrogen) atoms. The van der Waals surface area contributed by atoms with Crippen molar-refractivity contribution in [1.82, 2.24) is 4.90 Å². The molecule has 0 spiro atoms. The Hall–Kier alpha value is -2.28. The topological polar surface area (TPSA) is 49.8 Å². The summed E-state index contributed by atoms with van der Waals surface area (Å²) in [6, 6.07) is 6.02. The van der Waals surface area contributed by atoms with Crippen LogP contribution >= 0.6 is 0 Å². The van der Waals surface area contributed by atoms with E-state index in [1.807, 2.05) is 18.0 Å². The smallest absolute Gasteiger partial charge is 0.406 e. The molecule has 1 N–H and O–H groups in total. The standard InChI is InChI=1S/C27H32F3NO3/c1-25-13-11-23(32)31(3)22(25)9-8-19-20(25)10-12-26(2)21(19)15-17(24(26)33)14-16-4-6-18(7-5-16)34-27(28,29)30/h4-7,11,13-14,19-22,24,33H,8-10,12,15H2,1-3H3/t19-,20-,21+,22?,24?,25-,26+/m1/s1. The third-order valence-corrected chi connectivity index (χ3v) is 9.46. The van der Waals surface area contributed by atoms with Gasteiger partial charge < -0.3 is 14.7 Å². The van der Waals surface area contributed by atoms with Crippen LogP contribution in [0, 0.1) is 28.6 Å². The van der Waals surface area contributed by atoms with Gasteiger partial charge >= 0.3 is 6.36 Å². The molecule has 0 radical (unpaired) electrons. The molecule has 1 amide bonds. The van der Waals surface area contributed by atoms with Gasteiger partial charge in [-0.05, 0) is 79.2 Å². The monoisotopic (exact) mass is 475 g/mol. The Balaban J connectivity index is 1.40. The summed E-state index contributed by atoms with van der Waals surface area (Å²) in [5, 5.41) is 11.4. The number of halogens is 3. The molecule has 0 bridgehead atoms. The van der Waals surface area contributed by atoms with Crippen LogP contribution < -0.4 is 4.74 Å². The Morgan fingerprint density at radius 3 is 2.50 bits per heavy atom. The molecule has 0 saturated heterocycles. The van der Waals surface area contributed by atoms with E-state index in [1.165, 1.54) is 12.1 Å². The van der Waals surface area contributed by atoms with Crippen LogP contribution in [0.3, 0.4) is 0 Å². The van der Waals surface area contributed by atoms with Gasteiger partial charge in [-0.1, -0.05) is 38.1 Å². The van der Waals surface area contributed by atoms with Crippen molar-refractivity contribution >= 4 is 12.0 Å². The molecule has 4 aliphatic rings. The van der Waals surface area contributed by atoms with Crippen LogP contribution in [0.4, 0.5) is 13.2 Å². The number of carbonyl (C=O) groups excluding carboxylic acids is 1. The fraction of sp³-hybridized carbons (Fsp3) is 0.593. The first-order valence-corrected chi connectivity index (χ1v) is 12.1. The number of hydrogen-bond acceptors (Lipinski definition) is 3. The largest absolute Gasteiger partial charge is 0.573 e. The van der Waals surface area contributed by atoms with Crippen molar-refractivity contribution in [3.05, 3.63) is 47.6 Å². The van der Waals surface area contributed by atoms with Crippen LogP contribution in [0.1, 0.15) is 51.5 Å². The van der Waals surface area contributed by atoms with Crippen molar-refractivity contribution in [1.29, 1.82) is 0 Å². The molecule has 3 fully saturated rings. The summed E-state index contributed by atoms with van der Waals surface area (Å²) >= 11 is 0. The fourth-order valence-electron chi connectivity index (χ4n) is 7.72. The van der Waals surface area contributed by atoms with Crippen molar-refractivity contribution in [3.63, 3.8) is 0 Å². The second kappa shape index (κ2) is 7.87. The first kappa shape index (κ1) is 23.5. The highest BCUT2D eigenvalue weighted by atomic mass is 19.4. The maximum atomic E-state index is 12.4. The molecule has 7 atom stereocenters. The van der Waals surface area contributed by atoms with E-state index in [1.54, 1.807) is 18.2 Å². The SMILES string of the molecule is CN1C(=O)C=C[C@@]2(C)C1CC[C@@H]1[C@H]2CC[C@]2(C)C(O)C(=Cc3ccc(OC(F)(F)F)cc3)C[C@@H]12. The Morgan fingerprint density at radius 2 is 1.82 bits per heavy atom. The zero-order valence-electron chi connectivity index (χ0n) is 19.8. The van der Waals surface area contributed by atoms with E-state index in [4.69, 9.17) is 0 Å². The molecule has 184 valence electrons. The molecule has 3 aliphatic carbocycles. The third kappa shape index (κ3) is 3.67. The molecule has 1 aromatic rings. The zero-order chi connectivity index (χ0) is 24.5. The Morgan fingerprint density at radius 1 is 1.12 bits per heavy atom. The Kier molecular flexibility index (Phi) is 5.43. The first-order valence-electron chi connectivity index (χ1n) is 12.1. The van der Waals surface area contributed by atoms with E-state index in [9.17, 15) is 23.1 Å². The van der Waals surface area contributed by atoms with Crippen molar-refractivity contribution in [3.8, 4) is 5.75 Å². The van der Waals surface area contributed by atoms with Crippen LogP contribution in [0.15, 0.2) is 42.0 Å². The highest BCUT2D eigenvalue weighted by Crippen LogP contribution is 2.65. The number of aliphatic hydroxyl groups excluding tert-OH is 1. The molecule has 1 aromatic carbocycles. The van der Waals surface area contributed by atoms with Gasteiger partial charge in [-0.25, -0.2) is 0 Å². The minimum Gasteiger partial charge on any atom is -0.406 e. The molecule has 7 heteroatoms. The van der Waals surface area contributed by atoms with Crippen molar-refractivity contribution in [2.75, 3.05) is 7.05 Å². The van der Waals surface area contributed by atoms with E-state index < -0.39 is 12.5 Å². The maximum absolute atomic E-state index is 12.4. The number of rotatable bonds is 2. The molecule has 1 heterocycles. The van der Waals surface area contributed by atoms with E-state index in [2.05, 4.69) is 24.7 Å². The summed E-state index contributed by atoms with van der Waals surface area (Å²) in [6.45, 7) is 4.49. The normalized spacial score (nSPS) is 40.7. The number of benzene rings is 1. The second-order valence-electron chi connectivity index (χ2n) is 11.1. The van der Waals surface area contributed by atoms with Crippen molar-refractivity contribution < 1.29 is 27.8 Å². The highest BCUT2D eigenvalue weighted by molar-refractivity contribution is 5.89. The Labute approximate surface area is 198 Å². The lowest BCUT2D eigenvalue weighted by Crippen LogP contribution is -2.59. The van der Waals surface area contributed by atoms with Gasteiger partial charge in [-0.3, -0.25) is 4.79 Å². The third-order valence-electron chi connectivity index (χ3n) is 9.46. The molecule has 3 saturated carbocycles. The van der Waals surface area contributed by atoms with E-state index in [0.717, 1.165) is 43.2 Å². The first-order chi connectivity index (χ1) is 15.9. The number of amides is 1. The van der Waals surface area contributed by atoms with Crippen LogP contribution in [0.2, 0.25) is 0 Å². The average Bonchev–Trinajstić information content (AvgIpc) is 3.02.